The molecule has 0 unspecified atom stereocenters. The number of rotatable bonds is 7. The molecule has 0 bridgehead atoms. The molecule has 0 saturated heterocycles. The van der Waals surface area contributed by atoms with E-state index in [0.29, 0.717) is 12.1 Å². The van der Waals surface area contributed by atoms with E-state index in [1.807, 2.05) is 7.05 Å². The highest BCUT2D eigenvalue weighted by molar-refractivity contribution is 5.18. The fourth-order valence-corrected chi connectivity index (χ4v) is 1.87. The van der Waals surface area contributed by atoms with Crippen molar-refractivity contribution in [3.8, 4) is 0 Å². The molecule has 0 fully saturated rings. The van der Waals surface area contributed by atoms with Crippen LogP contribution in [0.15, 0.2) is 18.2 Å². The lowest BCUT2D eigenvalue weighted by atomic mass is 10.2. The molecule has 1 rings (SSSR count). The van der Waals surface area contributed by atoms with Crippen LogP contribution in [0.4, 0.5) is 8.78 Å². The van der Waals surface area contributed by atoms with Crippen molar-refractivity contribution in [1.82, 2.24) is 9.80 Å². The maximum Gasteiger partial charge on any atom is 0.130 e. The van der Waals surface area contributed by atoms with Gasteiger partial charge < -0.3 is 9.80 Å². The van der Waals surface area contributed by atoms with Crippen LogP contribution in [0, 0.1) is 11.6 Å². The third-order valence-corrected chi connectivity index (χ3v) is 3.15. The van der Waals surface area contributed by atoms with Crippen molar-refractivity contribution >= 4 is 0 Å². The fraction of sp³-hybridized carbons (Fsp3) is 0.571. The van der Waals surface area contributed by atoms with Crippen LogP contribution < -0.4 is 0 Å². The third kappa shape index (κ3) is 4.70. The standard InChI is InChI=1S/C14H22F2N2/c1-4-18(5-2)9-8-17(3)11-12-6-7-13(15)10-14(12)16/h6-7,10H,4-5,8-9,11H2,1-3H3. The summed E-state index contributed by atoms with van der Waals surface area (Å²) in [5.74, 6) is -0.994. The van der Waals surface area contributed by atoms with Crippen LogP contribution in [0.2, 0.25) is 0 Å². The lowest BCUT2D eigenvalue weighted by molar-refractivity contribution is 0.235. The molecule has 0 radical (unpaired) electrons. The Bertz CT molecular complexity index is 365. The molecular formula is C14H22F2N2. The Balaban J connectivity index is 2.46. The number of benzene rings is 1. The number of nitrogens with zero attached hydrogens (tertiary/aromatic N) is 2. The Hall–Kier alpha value is -1.00. The van der Waals surface area contributed by atoms with Crippen molar-refractivity contribution in [3.05, 3.63) is 35.4 Å². The maximum atomic E-state index is 13.5. The summed E-state index contributed by atoms with van der Waals surface area (Å²) in [4.78, 5) is 4.37. The van der Waals surface area contributed by atoms with E-state index in [1.165, 1.54) is 12.1 Å². The van der Waals surface area contributed by atoms with Crippen LogP contribution in [0.1, 0.15) is 19.4 Å². The van der Waals surface area contributed by atoms with E-state index in [0.717, 1.165) is 32.2 Å². The van der Waals surface area contributed by atoms with Gasteiger partial charge in [-0.1, -0.05) is 19.9 Å². The SMILES string of the molecule is CCN(CC)CCN(C)Cc1ccc(F)cc1F. The summed E-state index contributed by atoms with van der Waals surface area (Å²) in [6.45, 7) is 8.65. The number of likely N-dealkylation sites (N-methyl/N-ethyl adjacent to an activating group) is 2. The van der Waals surface area contributed by atoms with Crippen LogP contribution in [-0.2, 0) is 6.54 Å². The summed E-state index contributed by atoms with van der Waals surface area (Å²) in [7, 11) is 1.95. The molecule has 0 atom stereocenters. The quantitative estimate of drug-likeness (QED) is 0.740. The normalized spacial score (nSPS) is 11.5. The Kier molecular flexibility index (Phi) is 6.22. The number of hydrogen-bond donors (Lipinski definition) is 0. The van der Waals surface area contributed by atoms with Gasteiger partial charge in [-0.2, -0.15) is 0 Å². The van der Waals surface area contributed by atoms with Gasteiger partial charge in [-0.3, -0.25) is 0 Å². The Morgan fingerprint density at radius 3 is 2.28 bits per heavy atom. The molecule has 0 aliphatic carbocycles. The average molecular weight is 256 g/mol. The smallest absolute Gasteiger partial charge is 0.130 e. The molecule has 0 spiro atoms. The van der Waals surface area contributed by atoms with E-state index >= 15 is 0 Å². The van der Waals surface area contributed by atoms with Gasteiger partial charge >= 0.3 is 0 Å². The molecule has 1 aromatic rings. The number of halogens is 2. The lowest BCUT2D eigenvalue weighted by Crippen LogP contribution is -2.33. The van der Waals surface area contributed by atoms with E-state index in [1.54, 1.807) is 0 Å². The van der Waals surface area contributed by atoms with Crippen LogP contribution >= 0.6 is 0 Å². The van der Waals surface area contributed by atoms with Crippen LogP contribution in [-0.4, -0.2) is 43.0 Å². The Morgan fingerprint density at radius 1 is 1.06 bits per heavy atom. The van der Waals surface area contributed by atoms with E-state index in [2.05, 4.69) is 23.6 Å². The first-order valence-corrected chi connectivity index (χ1v) is 6.41. The first-order valence-electron chi connectivity index (χ1n) is 6.41. The molecular weight excluding hydrogens is 234 g/mol. The molecule has 18 heavy (non-hydrogen) atoms. The van der Waals surface area contributed by atoms with E-state index in [9.17, 15) is 8.78 Å². The van der Waals surface area contributed by atoms with Crippen LogP contribution in [0.25, 0.3) is 0 Å². The van der Waals surface area contributed by atoms with Gasteiger partial charge in [0.25, 0.3) is 0 Å². The molecule has 0 aliphatic heterocycles. The summed E-state index contributed by atoms with van der Waals surface area (Å²) in [5.41, 5.74) is 0.540. The monoisotopic (exact) mass is 256 g/mol. The van der Waals surface area contributed by atoms with Crippen molar-refractivity contribution < 1.29 is 8.78 Å². The molecule has 1 aromatic carbocycles. The molecule has 0 aliphatic rings. The van der Waals surface area contributed by atoms with Crippen molar-refractivity contribution in [1.29, 1.82) is 0 Å². The molecule has 0 amide bonds. The maximum absolute atomic E-state index is 13.5. The average Bonchev–Trinajstić information content (AvgIpc) is 2.34. The molecule has 0 N–H and O–H groups in total. The molecule has 102 valence electrons. The minimum atomic E-state index is -0.526. The van der Waals surface area contributed by atoms with E-state index in [-0.39, 0.29) is 0 Å². The van der Waals surface area contributed by atoms with Gasteiger partial charge in [-0.15, -0.1) is 0 Å². The fourth-order valence-electron chi connectivity index (χ4n) is 1.87. The minimum absolute atomic E-state index is 0.468. The predicted octanol–water partition coefficient (Wildman–Crippen LogP) is 2.74. The highest BCUT2D eigenvalue weighted by Crippen LogP contribution is 2.11. The van der Waals surface area contributed by atoms with E-state index < -0.39 is 11.6 Å². The summed E-state index contributed by atoms with van der Waals surface area (Å²) in [5, 5.41) is 0. The lowest BCUT2D eigenvalue weighted by Gasteiger charge is -2.23. The van der Waals surface area contributed by atoms with Gasteiger partial charge in [0.1, 0.15) is 11.6 Å². The molecule has 0 saturated carbocycles. The molecule has 2 nitrogen and oxygen atoms in total. The first kappa shape index (κ1) is 15.1. The Morgan fingerprint density at radius 2 is 1.72 bits per heavy atom. The van der Waals surface area contributed by atoms with Gasteiger partial charge in [0.2, 0.25) is 0 Å². The second kappa shape index (κ2) is 7.44. The summed E-state index contributed by atoms with van der Waals surface area (Å²) < 4.78 is 26.2. The van der Waals surface area contributed by atoms with Crippen molar-refractivity contribution in [2.75, 3.05) is 33.2 Å². The minimum Gasteiger partial charge on any atom is -0.303 e. The summed E-state index contributed by atoms with van der Waals surface area (Å²) >= 11 is 0. The van der Waals surface area contributed by atoms with Gasteiger partial charge in [0.05, 0.1) is 0 Å². The molecule has 0 aromatic heterocycles. The molecule has 4 heteroatoms. The topological polar surface area (TPSA) is 6.48 Å². The van der Waals surface area contributed by atoms with Crippen LogP contribution in [0.5, 0.6) is 0 Å². The van der Waals surface area contributed by atoms with Gasteiger partial charge in [-0.05, 0) is 26.2 Å². The second-order valence-electron chi connectivity index (χ2n) is 4.50. The first-order chi connectivity index (χ1) is 8.56. The predicted molar refractivity (Wildman–Crippen MR) is 70.5 cm³/mol. The summed E-state index contributed by atoms with van der Waals surface area (Å²) in [6.07, 6.45) is 0. The zero-order valence-corrected chi connectivity index (χ0v) is 11.4. The second-order valence-corrected chi connectivity index (χ2v) is 4.50. The van der Waals surface area contributed by atoms with Gasteiger partial charge in [-0.25, -0.2) is 8.78 Å². The highest BCUT2D eigenvalue weighted by Gasteiger charge is 2.08. The third-order valence-electron chi connectivity index (χ3n) is 3.15. The van der Waals surface area contributed by atoms with Crippen molar-refractivity contribution in [2.24, 2.45) is 0 Å². The number of hydrogen-bond acceptors (Lipinski definition) is 2. The van der Waals surface area contributed by atoms with Crippen LogP contribution in [0.3, 0.4) is 0 Å². The van der Waals surface area contributed by atoms with Crippen molar-refractivity contribution in [3.63, 3.8) is 0 Å². The van der Waals surface area contributed by atoms with E-state index in [4.69, 9.17) is 0 Å². The zero-order valence-electron chi connectivity index (χ0n) is 11.4. The largest absolute Gasteiger partial charge is 0.303 e. The Labute approximate surface area is 108 Å². The van der Waals surface area contributed by atoms with Crippen molar-refractivity contribution in [2.45, 2.75) is 20.4 Å². The van der Waals surface area contributed by atoms with Gasteiger partial charge in [0, 0.05) is 31.3 Å². The molecule has 0 heterocycles. The highest BCUT2D eigenvalue weighted by atomic mass is 19.1. The zero-order chi connectivity index (χ0) is 13.5. The summed E-state index contributed by atoms with van der Waals surface area (Å²) in [6, 6.07) is 3.75. The van der Waals surface area contributed by atoms with Gasteiger partial charge in [0.15, 0.2) is 0 Å².